The van der Waals surface area contributed by atoms with Gasteiger partial charge in [0, 0.05) is 16.1 Å². The fourth-order valence-corrected chi connectivity index (χ4v) is 4.51. The van der Waals surface area contributed by atoms with E-state index in [4.69, 9.17) is 0 Å². The van der Waals surface area contributed by atoms with Gasteiger partial charge in [0.25, 0.3) is 0 Å². The topological polar surface area (TPSA) is 144 Å². The molecule has 0 radical (unpaired) electrons. The van der Waals surface area contributed by atoms with E-state index < -0.39 is 47.7 Å². The number of fused-ring (bicyclic) bond motifs is 1. The Morgan fingerprint density at radius 1 is 1.00 bits per heavy atom. The molecule has 0 unspecified atom stereocenters. The average Bonchev–Trinajstić information content (AvgIpc) is 3.21. The second kappa shape index (κ2) is 7.22. The molecule has 154 valence electrons. The third kappa shape index (κ3) is 3.04. The molecule has 4 N–H and O–H groups in total. The minimum atomic E-state index is -1.34. The number of carboxylic acids is 2. The molecule has 30 heavy (non-hydrogen) atoms. The Kier molecular flexibility index (Phi) is 4.83. The Morgan fingerprint density at radius 2 is 1.70 bits per heavy atom. The molecule has 2 saturated heterocycles. The maximum absolute atomic E-state index is 13.3. The highest BCUT2D eigenvalue weighted by Gasteiger charge is 2.61. The van der Waals surface area contributed by atoms with Crippen molar-refractivity contribution in [1.29, 1.82) is 0 Å². The predicted octanol–water partition coefficient (Wildman–Crippen LogP) is 1.76. The molecule has 2 aliphatic heterocycles. The van der Waals surface area contributed by atoms with E-state index in [1.54, 1.807) is 12.1 Å². The van der Waals surface area contributed by atoms with Crippen LogP contribution < -0.4 is 10.2 Å². The van der Waals surface area contributed by atoms with Gasteiger partial charge in [-0.2, -0.15) is 0 Å². The van der Waals surface area contributed by atoms with Crippen molar-refractivity contribution >= 4 is 45.4 Å². The highest BCUT2D eigenvalue weighted by molar-refractivity contribution is 9.10. The van der Waals surface area contributed by atoms with E-state index in [9.17, 15) is 34.5 Å². The number of carboxylic acid groups (broad SMARTS) is 2. The number of nitrogens with zero attached hydrogens (tertiary/aromatic N) is 1. The van der Waals surface area contributed by atoms with Crippen LogP contribution in [0.25, 0.3) is 0 Å². The molecule has 0 saturated carbocycles. The minimum absolute atomic E-state index is 0.0562. The van der Waals surface area contributed by atoms with Crippen LogP contribution in [0.1, 0.15) is 22.0 Å². The Morgan fingerprint density at radius 3 is 2.37 bits per heavy atom. The second-order valence-electron chi connectivity index (χ2n) is 7.08. The summed E-state index contributed by atoms with van der Waals surface area (Å²) in [5.41, 5.74) is 0.227. The summed E-state index contributed by atoms with van der Waals surface area (Å²) in [6, 6.07) is 7.61. The number of anilines is 1. The van der Waals surface area contributed by atoms with Crippen LogP contribution in [0.5, 0.6) is 5.75 Å². The van der Waals surface area contributed by atoms with E-state index in [1.165, 1.54) is 30.3 Å². The zero-order valence-corrected chi connectivity index (χ0v) is 16.7. The molecule has 0 aliphatic carbocycles. The lowest BCUT2D eigenvalue weighted by atomic mass is 9.86. The third-order valence-electron chi connectivity index (χ3n) is 5.42. The number of phenols is 1. The van der Waals surface area contributed by atoms with Gasteiger partial charge in [0.2, 0.25) is 11.8 Å². The zero-order valence-electron chi connectivity index (χ0n) is 15.2. The van der Waals surface area contributed by atoms with Gasteiger partial charge < -0.3 is 15.3 Å². The summed E-state index contributed by atoms with van der Waals surface area (Å²) in [4.78, 5) is 50.3. The summed E-state index contributed by atoms with van der Waals surface area (Å²) in [7, 11) is 0. The number of hydrogen-bond acceptors (Lipinski definition) is 6. The lowest BCUT2D eigenvalue weighted by Gasteiger charge is -2.22. The predicted molar refractivity (Wildman–Crippen MR) is 106 cm³/mol. The van der Waals surface area contributed by atoms with Gasteiger partial charge in [0.05, 0.1) is 23.1 Å². The Balaban J connectivity index is 1.80. The van der Waals surface area contributed by atoms with Gasteiger partial charge in [0.15, 0.2) is 0 Å². The quantitative estimate of drug-likeness (QED) is 0.490. The van der Waals surface area contributed by atoms with Gasteiger partial charge >= 0.3 is 11.9 Å². The van der Waals surface area contributed by atoms with Crippen LogP contribution in [0.15, 0.2) is 46.9 Å². The lowest BCUT2D eigenvalue weighted by Crippen LogP contribution is -2.43. The Hall–Kier alpha value is -3.24. The molecule has 4 atom stereocenters. The third-order valence-corrected chi connectivity index (χ3v) is 5.91. The molecule has 9 nitrogen and oxygen atoms in total. The Bertz CT molecular complexity index is 1100. The molecule has 2 heterocycles. The molecule has 2 aromatic carbocycles. The van der Waals surface area contributed by atoms with E-state index in [0.717, 1.165) is 4.90 Å². The summed E-state index contributed by atoms with van der Waals surface area (Å²) in [5.74, 6) is -6.34. The number of nitrogens with one attached hydrogen (secondary N) is 1. The minimum Gasteiger partial charge on any atom is -0.508 e. The molecule has 2 amide bonds. The van der Waals surface area contributed by atoms with E-state index in [1.807, 2.05) is 0 Å². The summed E-state index contributed by atoms with van der Waals surface area (Å²) in [6.07, 6.45) is 0. The molecule has 2 aliphatic rings. The summed E-state index contributed by atoms with van der Waals surface area (Å²) < 4.78 is 0.607. The van der Waals surface area contributed by atoms with Gasteiger partial charge in [-0.1, -0.05) is 22.0 Å². The zero-order chi connectivity index (χ0) is 21.7. The number of rotatable bonds is 4. The SMILES string of the molecule is O=C(O)c1cccc(N2C(=O)[C@@H]3[C@H](C2=O)[C@H](C(=O)O)N[C@H]3c2cc(Br)ccc2O)c1. The number of carbonyl (C=O) groups excluding carboxylic acids is 2. The first kappa shape index (κ1) is 20.0. The van der Waals surface area contributed by atoms with Crippen LogP contribution in [0.2, 0.25) is 0 Å². The van der Waals surface area contributed by atoms with Crippen LogP contribution in [-0.4, -0.2) is 45.1 Å². The molecular weight excluding hydrogens is 460 g/mol. The average molecular weight is 475 g/mol. The van der Waals surface area contributed by atoms with E-state index >= 15 is 0 Å². The highest BCUT2D eigenvalue weighted by Crippen LogP contribution is 2.47. The molecule has 0 spiro atoms. The van der Waals surface area contributed by atoms with Gasteiger partial charge in [0.1, 0.15) is 11.8 Å². The van der Waals surface area contributed by atoms with Crippen molar-refractivity contribution in [3.63, 3.8) is 0 Å². The molecule has 2 aromatic rings. The van der Waals surface area contributed by atoms with E-state index in [-0.39, 0.29) is 22.6 Å². The fraction of sp³-hybridized carbons (Fsp3) is 0.200. The van der Waals surface area contributed by atoms with Crippen LogP contribution in [0.3, 0.4) is 0 Å². The van der Waals surface area contributed by atoms with Crippen molar-refractivity contribution in [2.75, 3.05) is 4.90 Å². The van der Waals surface area contributed by atoms with Crippen molar-refractivity contribution in [1.82, 2.24) is 5.32 Å². The van der Waals surface area contributed by atoms with Crippen LogP contribution in [0, 0.1) is 11.8 Å². The number of amides is 2. The number of aromatic hydroxyl groups is 1. The second-order valence-corrected chi connectivity index (χ2v) is 8.00. The molecule has 10 heteroatoms. The maximum atomic E-state index is 13.3. The van der Waals surface area contributed by atoms with Crippen molar-refractivity contribution in [2.24, 2.45) is 11.8 Å². The smallest absolute Gasteiger partial charge is 0.335 e. The number of imide groups is 1. The summed E-state index contributed by atoms with van der Waals surface area (Å²) >= 11 is 3.28. The monoisotopic (exact) mass is 474 g/mol. The van der Waals surface area contributed by atoms with Crippen LogP contribution >= 0.6 is 15.9 Å². The van der Waals surface area contributed by atoms with Gasteiger partial charge in [-0.3, -0.25) is 19.7 Å². The van der Waals surface area contributed by atoms with Crippen molar-refractivity contribution < 1.29 is 34.5 Å². The first-order chi connectivity index (χ1) is 14.2. The van der Waals surface area contributed by atoms with Gasteiger partial charge in [-0.05, 0) is 36.4 Å². The molecule has 2 fully saturated rings. The van der Waals surface area contributed by atoms with Crippen LogP contribution in [-0.2, 0) is 14.4 Å². The highest BCUT2D eigenvalue weighted by atomic mass is 79.9. The number of hydrogen-bond donors (Lipinski definition) is 4. The number of halogens is 1. The first-order valence-corrected chi connectivity index (χ1v) is 9.68. The summed E-state index contributed by atoms with van der Waals surface area (Å²) in [5, 5.41) is 31.9. The van der Waals surface area contributed by atoms with Crippen molar-refractivity contribution in [3.8, 4) is 5.75 Å². The first-order valence-electron chi connectivity index (χ1n) is 8.89. The van der Waals surface area contributed by atoms with E-state index in [0.29, 0.717) is 4.47 Å². The maximum Gasteiger partial charge on any atom is 0.335 e. The normalized spacial score (nSPS) is 25.4. The van der Waals surface area contributed by atoms with Gasteiger partial charge in [-0.15, -0.1) is 0 Å². The number of aromatic carboxylic acids is 1. The van der Waals surface area contributed by atoms with E-state index in [2.05, 4.69) is 21.2 Å². The van der Waals surface area contributed by atoms with Crippen molar-refractivity contribution in [2.45, 2.75) is 12.1 Å². The molecule has 4 rings (SSSR count). The number of aliphatic carboxylic acids is 1. The molecular formula is C20H15BrN2O7. The Labute approximate surface area is 178 Å². The van der Waals surface area contributed by atoms with Gasteiger partial charge in [-0.25, -0.2) is 9.69 Å². The molecule has 0 aromatic heterocycles. The fourth-order valence-electron chi connectivity index (χ4n) is 4.13. The lowest BCUT2D eigenvalue weighted by molar-refractivity contribution is -0.142. The summed E-state index contributed by atoms with van der Waals surface area (Å²) in [6.45, 7) is 0. The van der Waals surface area contributed by atoms with Crippen LogP contribution in [0.4, 0.5) is 5.69 Å². The number of benzene rings is 2. The largest absolute Gasteiger partial charge is 0.508 e. The van der Waals surface area contributed by atoms with Crippen molar-refractivity contribution in [3.05, 3.63) is 58.1 Å². The number of phenolic OH excluding ortho intramolecular Hbond substituents is 1. The molecule has 0 bridgehead atoms. The standard InChI is InChI=1S/C20H15BrN2O7/c21-9-4-5-12(24)11(7-9)15-13-14(16(22-15)20(29)30)18(26)23(17(13)25)10-3-1-2-8(6-10)19(27)28/h1-7,13-16,22,24H,(H,27,28)(H,29,30)/t13-,14+,15+,16-/m1/s1. The number of carbonyl (C=O) groups is 4.